The molecule has 0 saturated carbocycles. The molecule has 0 atom stereocenters. The molecule has 1 aliphatic heterocycles. The molecule has 6 N–H and O–H groups in total. The Bertz CT molecular complexity index is 1190. The van der Waals surface area contributed by atoms with Gasteiger partial charge in [0, 0.05) is 28.4 Å². The van der Waals surface area contributed by atoms with Gasteiger partial charge in [-0.1, -0.05) is 43.1 Å². The van der Waals surface area contributed by atoms with E-state index in [0.717, 1.165) is 0 Å². The van der Waals surface area contributed by atoms with Crippen LogP contribution >= 0.6 is 23.2 Å². The molecule has 170 valence electrons. The molecular weight excluding hydrogens is 475 g/mol. The Morgan fingerprint density at radius 2 is 1.88 bits per heavy atom. The zero-order chi connectivity index (χ0) is 23.6. The van der Waals surface area contributed by atoms with E-state index in [0.29, 0.717) is 11.4 Å². The van der Waals surface area contributed by atoms with Gasteiger partial charge in [-0.25, -0.2) is 0 Å². The summed E-state index contributed by atoms with van der Waals surface area (Å²) in [5.74, 6) is -0.580. The highest BCUT2D eigenvalue weighted by molar-refractivity contribution is 7.91. The fourth-order valence-corrected chi connectivity index (χ4v) is 4.96. The Balaban J connectivity index is 2.15. The van der Waals surface area contributed by atoms with Gasteiger partial charge in [-0.3, -0.25) is 10.4 Å². The van der Waals surface area contributed by atoms with Crippen LogP contribution in [0.25, 0.3) is 0 Å². The minimum Gasteiger partial charge on any atom is -0.393 e. The van der Waals surface area contributed by atoms with Crippen molar-refractivity contribution >= 4 is 39.2 Å². The highest BCUT2D eigenvalue weighted by atomic mass is 35.5. The first-order chi connectivity index (χ1) is 15.0. The van der Waals surface area contributed by atoms with Gasteiger partial charge in [0.25, 0.3) is 0 Å². The van der Waals surface area contributed by atoms with Crippen LogP contribution < -0.4 is 21.0 Å². The molecule has 3 rings (SSSR count). The molecule has 2 aromatic rings. The molecule has 0 amide bonds. The average molecular weight is 497 g/mol. The fourth-order valence-electron chi connectivity index (χ4n) is 3.04. The summed E-state index contributed by atoms with van der Waals surface area (Å²) >= 11 is 12.0. The van der Waals surface area contributed by atoms with Crippen LogP contribution in [-0.4, -0.2) is 24.1 Å². The van der Waals surface area contributed by atoms with Crippen molar-refractivity contribution in [3.05, 3.63) is 80.6 Å². The molecule has 0 saturated heterocycles. The van der Waals surface area contributed by atoms with Gasteiger partial charge in [0.1, 0.15) is 23.1 Å². The first-order valence-electron chi connectivity index (χ1n) is 9.43. The van der Waals surface area contributed by atoms with E-state index in [1.54, 1.807) is 38.2 Å². The van der Waals surface area contributed by atoms with E-state index in [2.05, 4.69) is 10.3 Å². The Morgan fingerprint density at radius 1 is 1.22 bits per heavy atom. The largest absolute Gasteiger partial charge is 0.393 e. The number of hydrogen-bond acceptors (Lipinski definition) is 8. The molecule has 32 heavy (non-hydrogen) atoms. The number of nitrogens with two attached hydrogens (primary N) is 2. The summed E-state index contributed by atoms with van der Waals surface area (Å²) in [6.07, 6.45) is 1.59. The van der Waals surface area contributed by atoms with Gasteiger partial charge in [-0.05, 0) is 24.1 Å². The molecule has 0 radical (unpaired) electrons. The Kier molecular flexibility index (Phi) is 6.87. The number of benzene rings is 1. The molecule has 0 fully saturated rings. The monoisotopic (exact) mass is 496 g/mol. The van der Waals surface area contributed by atoms with Crippen molar-refractivity contribution in [1.82, 2.24) is 15.2 Å². The van der Waals surface area contributed by atoms with Gasteiger partial charge < -0.3 is 25.9 Å². The van der Waals surface area contributed by atoms with E-state index in [9.17, 15) is 8.42 Å². The lowest BCUT2D eigenvalue weighted by molar-refractivity contribution is 0.415. The smallest absolute Gasteiger partial charge is 0.356 e. The van der Waals surface area contributed by atoms with Crippen molar-refractivity contribution in [2.45, 2.75) is 20.4 Å². The quantitative estimate of drug-likeness (QED) is 0.259. The maximum Gasteiger partial charge on any atom is 0.356 e. The van der Waals surface area contributed by atoms with E-state index in [-0.39, 0.29) is 44.8 Å². The summed E-state index contributed by atoms with van der Waals surface area (Å²) in [6, 6.07) is 9.39. The van der Waals surface area contributed by atoms with Gasteiger partial charge in [0.15, 0.2) is 5.03 Å². The van der Waals surface area contributed by atoms with Crippen molar-refractivity contribution in [2.24, 2.45) is 17.4 Å². The SMILES string of the molecule is CC(C)C1=C(S(=O)(=O)Oc2cc(Cl)cc(Cl)c2)N(Cc2ccccn2)C(=C(N)C(=N)N)N1. The third-order valence-corrected chi connectivity index (χ3v) is 6.21. The van der Waals surface area contributed by atoms with E-state index < -0.39 is 16.0 Å². The number of allylic oxidation sites excluding steroid dienone is 1. The summed E-state index contributed by atoms with van der Waals surface area (Å²) in [4.78, 5) is 5.65. The number of aromatic nitrogens is 1. The van der Waals surface area contributed by atoms with E-state index in [1.807, 2.05) is 0 Å². The van der Waals surface area contributed by atoms with Crippen molar-refractivity contribution in [1.29, 1.82) is 5.41 Å². The summed E-state index contributed by atoms with van der Waals surface area (Å²) in [5.41, 5.74) is 12.4. The molecule has 0 unspecified atom stereocenters. The number of nitrogens with one attached hydrogen (secondary N) is 2. The second kappa shape index (κ2) is 9.27. The minimum absolute atomic E-state index is 0.0294. The van der Waals surface area contributed by atoms with Crippen LogP contribution in [0.5, 0.6) is 5.75 Å². The lowest BCUT2D eigenvalue weighted by Crippen LogP contribution is -2.33. The van der Waals surface area contributed by atoms with Crippen molar-refractivity contribution in [2.75, 3.05) is 0 Å². The second-order valence-corrected chi connectivity index (χ2v) is 9.56. The van der Waals surface area contributed by atoms with Gasteiger partial charge in [0.05, 0.1) is 17.9 Å². The first-order valence-corrected chi connectivity index (χ1v) is 11.6. The second-order valence-electron chi connectivity index (χ2n) is 7.22. The van der Waals surface area contributed by atoms with Crippen molar-refractivity contribution in [3.8, 4) is 5.75 Å². The van der Waals surface area contributed by atoms with Crippen LogP contribution in [0.2, 0.25) is 10.0 Å². The highest BCUT2D eigenvalue weighted by Crippen LogP contribution is 2.35. The van der Waals surface area contributed by atoms with Crippen LogP contribution in [-0.2, 0) is 16.7 Å². The maximum atomic E-state index is 13.5. The van der Waals surface area contributed by atoms with E-state index >= 15 is 0 Å². The number of halogens is 2. The summed E-state index contributed by atoms with van der Waals surface area (Å²) in [6.45, 7) is 3.64. The van der Waals surface area contributed by atoms with Gasteiger partial charge >= 0.3 is 10.1 Å². The van der Waals surface area contributed by atoms with E-state index in [4.69, 9.17) is 44.3 Å². The predicted octanol–water partition coefficient (Wildman–Crippen LogP) is 3.09. The number of pyridine rings is 1. The Morgan fingerprint density at radius 3 is 2.41 bits per heavy atom. The molecule has 0 aliphatic carbocycles. The molecular formula is C20H22Cl2N6O3S. The standard InChI is InChI=1S/C20H22Cl2N6O3S/c1-11(2)17-20(32(29,30)31-15-8-12(21)7-13(22)9-15)28(10-14-5-3-4-6-26-14)19(27-17)16(23)18(24)25/h3-9,11,27H,10,23H2,1-2H3,(H3,24,25). The number of nitrogens with zero attached hydrogens (tertiary/aromatic N) is 2. The molecule has 2 heterocycles. The molecule has 1 aromatic carbocycles. The Labute approximate surface area is 196 Å². The maximum absolute atomic E-state index is 13.5. The van der Waals surface area contributed by atoms with Crippen LogP contribution in [0.1, 0.15) is 19.5 Å². The third-order valence-electron chi connectivity index (χ3n) is 4.45. The average Bonchev–Trinajstić information content (AvgIpc) is 3.07. The van der Waals surface area contributed by atoms with Crippen LogP contribution in [0.4, 0.5) is 0 Å². The fraction of sp³-hybridized carbons (Fsp3) is 0.200. The molecule has 1 aliphatic rings. The third kappa shape index (κ3) is 5.09. The van der Waals surface area contributed by atoms with Crippen LogP contribution in [0.3, 0.4) is 0 Å². The van der Waals surface area contributed by atoms with Gasteiger partial charge in [-0.2, -0.15) is 8.42 Å². The normalized spacial score (nSPS) is 15.7. The van der Waals surface area contributed by atoms with Crippen molar-refractivity contribution in [3.63, 3.8) is 0 Å². The zero-order valence-electron chi connectivity index (χ0n) is 17.3. The molecule has 0 spiro atoms. The number of hydrogen-bond donors (Lipinski definition) is 4. The lowest BCUT2D eigenvalue weighted by atomic mass is 10.1. The topological polar surface area (TPSA) is 147 Å². The summed E-state index contributed by atoms with van der Waals surface area (Å²) < 4.78 is 32.3. The molecule has 9 nitrogen and oxygen atoms in total. The van der Waals surface area contributed by atoms with Gasteiger partial charge in [0.2, 0.25) is 0 Å². The lowest BCUT2D eigenvalue weighted by Gasteiger charge is -2.23. The molecule has 12 heteroatoms. The molecule has 0 bridgehead atoms. The zero-order valence-corrected chi connectivity index (χ0v) is 19.6. The van der Waals surface area contributed by atoms with E-state index in [1.165, 1.54) is 23.1 Å². The van der Waals surface area contributed by atoms with Crippen molar-refractivity contribution < 1.29 is 12.6 Å². The first kappa shape index (κ1) is 23.7. The summed E-state index contributed by atoms with van der Waals surface area (Å²) in [7, 11) is -4.41. The van der Waals surface area contributed by atoms with Crippen LogP contribution in [0.15, 0.2) is 64.8 Å². The van der Waals surface area contributed by atoms with Crippen LogP contribution in [0, 0.1) is 11.3 Å². The summed E-state index contributed by atoms with van der Waals surface area (Å²) in [5, 5.41) is 11.0. The number of rotatable bonds is 7. The van der Waals surface area contributed by atoms with Gasteiger partial charge in [-0.15, -0.1) is 0 Å². The minimum atomic E-state index is -4.41. The number of amidine groups is 1. The molecule has 1 aromatic heterocycles. The predicted molar refractivity (Wildman–Crippen MR) is 124 cm³/mol. The highest BCUT2D eigenvalue weighted by Gasteiger charge is 2.40. The Hall–Kier alpha value is -2.95.